The van der Waals surface area contributed by atoms with Crippen molar-refractivity contribution in [2.45, 2.75) is 19.3 Å². The lowest BCUT2D eigenvalue weighted by atomic mass is 9.84. The monoisotopic (exact) mass is 487 g/mol. The van der Waals surface area contributed by atoms with Gasteiger partial charge in [0.25, 0.3) is 0 Å². The number of imidazole rings is 1. The van der Waals surface area contributed by atoms with E-state index in [1.54, 1.807) is 36.2 Å². The summed E-state index contributed by atoms with van der Waals surface area (Å²) in [6.07, 6.45) is 3.60. The molecule has 0 bridgehead atoms. The number of amides is 1. The molecule has 0 radical (unpaired) electrons. The van der Waals surface area contributed by atoms with E-state index in [0.717, 1.165) is 49.5 Å². The minimum atomic E-state index is -0.818. The third-order valence-electron chi connectivity index (χ3n) is 7.27. The van der Waals surface area contributed by atoms with Gasteiger partial charge < -0.3 is 5.73 Å². The van der Waals surface area contributed by atoms with Crippen LogP contribution < -0.4 is 11.4 Å². The number of nitrogens with zero attached hydrogens (tertiary/aromatic N) is 4. The number of nitrogens with two attached hydrogens (primary N) is 1. The first-order chi connectivity index (χ1) is 17.8. The Labute approximate surface area is 212 Å². The van der Waals surface area contributed by atoms with Crippen molar-refractivity contribution in [1.29, 1.82) is 0 Å². The van der Waals surface area contributed by atoms with E-state index in [2.05, 4.69) is 22.1 Å². The lowest BCUT2D eigenvalue weighted by molar-refractivity contribution is -0.122. The van der Waals surface area contributed by atoms with Crippen LogP contribution in [0.5, 0.6) is 0 Å². The first kappa shape index (κ1) is 22.7. The van der Waals surface area contributed by atoms with Gasteiger partial charge in [0.1, 0.15) is 0 Å². The number of aryl methyl sites for hydroxylation is 1. The molecule has 7 heteroatoms. The quantitative estimate of drug-likeness (QED) is 0.384. The summed E-state index contributed by atoms with van der Waals surface area (Å²) in [5.41, 5.74) is 11.3. The van der Waals surface area contributed by atoms with E-state index in [4.69, 9.17) is 5.73 Å². The number of para-hydroxylation sites is 1. The normalized spacial score (nSPS) is 12.0. The van der Waals surface area contributed by atoms with E-state index in [0.29, 0.717) is 5.69 Å². The van der Waals surface area contributed by atoms with Crippen LogP contribution in [0.3, 0.4) is 0 Å². The van der Waals surface area contributed by atoms with Crippen molar-refractivity contribution in [3.63, 3.8) is 0 Å². The summed E-state index contributed by atoms with van der Waals surface area (Å²) in [5, 5.41) is 1.93. The topological polar surface area (TPSA) is 95.8 Å². The molecule has 7 nitrogen and oxygen atoms in total. The Morgan fingerprint density at radius 1 is 0.865 bits per heavy atom. The summed E-state index contributed by atoms with van der Waals surface area (Å²) in [6.45, 7) is 3.58. The highest BCUT2D eigenvalue weighted by molar-refractivity contribution is 6.05. The van der Waals surface area contributed by atoms with Crippen LogP contribution in [0, 0.1) is 0 Å². The van der Waals surface area contributed by atoms with Gasteiger partial charge in [-0.25, -0.2) is 4.79 Å². The minimum absolute atomic E-state index is 0.177. The zero-order valence-electron chi connectivity index (χ0n) is 20.8. The molecular weight excluding hydrogens is 462 g/mol. The number of hydrogen-bond donors (Lipinski definition) is 1. The number of pyridine rings is 2. The van der Waals surface area contributed by atoms with E-state index in [1.165, 1.54) is 0 Å². The molecule has 3 aromatic heterocycles. The highest BCUT2D eigenvalue weighted by Crippen LogP contribution is 2.31. The van der Waals surface area contributed by atoms with Crippen molar-refractivity contribution in [3.8, 4) is 16.8 Å². The van der Waals surface area contributed by atoms with Gasteiger partial charge in [0, 0.05) is 29.6 Å². The standard InChI is InChI=1S/C30H25N5O2/c1-30(2,28(31)36)21-9-11-22(12-10-21)35-27-23-15-18(20-14-19-6-4-5-7-24(19)32-16-20)8-13-25(23)33-17-26(27)34(3)29(35)37/h4-17H,1-3H3,(H2,31,36). The van der Waals surface area contributed by atoms with Crippen LogP contribution in [-0.4, -0.2) is 25.0 Å². The molecule has 37 heavy (non-hydrogen) atoms. The number of benzene rings is 3. The number of hydrogen-bond acceptors (Lipinski definition) is 4. The molecule has 2 N–H and O–H groups in total. The Morgan fingerprint density at radius 3 is 2.35 bits per heavy atom. The summed E-state index contributed by atoms with van der Waals surface area (Å²) in [4.78, 5) is 34.6. The average Bonchev–Trinajstić information content (AvgIpc) is 3.18. The Hall–Kier alpha value is -4.78. The molecule has 0 spiro atoms. The third kappa shape index (κ3) is 3.50. The number of primary amides is 1. The van der Waals surface area contributed by atoms with E-state index in [-0.39, 0.29) is 5.69 Å². The zero-order chi connectivity index (χ0) is 25.9. The van der Waals surface area contributed by atoms with Crippen molar-refractivity contribution < 1.29 is 4.79 Å². The average molecular weight is 488 g/mol. The van der Waals surface area contributed by atoms with Crippen molar-refractivity contribution in [3.05, 3.63) is 101 Å². The van der Waals surface area contributed by atoms with E-state index in [9.17, 15) is 9.59 Å². The largest absolute Gasteiger partial charge is 0.369 e. The van der Waals surface area contributed by atoms with E-state index < -0.39 is 11.3 Å². The fraction of sp³-hybridized carbons (Fsp3) is 0.133. The molecule has 0 saturated carbocycles. The van der Waals surface area contributed by atoms with Gasteiger partial charge >= 0.3 is 5.69 Å². The maximum absolute atomic E-state index is 13.4. The molecule has 0 unspecified atom stereocenters. The fourth-order valence-electron chi connectivity index (χ4n) is 4.81. The number of carbonyl (C=O) groups excluding carboxylic acids is 1. The van der Waals surface area contributed by atoms with E-state index >= 15 is 0 Å². The summed E-state index contributed by atoms with van der Waals surface area (Å²) < 4.78 is 3.30. The predicted molar refractivity (Wildman–Crippen MR) is 147 cm³/mol. The lowest BCUT2D eigenvalue weighted by Gasteiger charge is -2.21. The highest BCUT2D eigenvalue weighted by Gasteiger charge is 2.27. The molecule has 3 heterocycles. The van der Waals surface area contributed by atoms with Crippen LogP contribution in [0.1, 0.15) is 19.4 Å². The Kier molecular flexibility index (Phi) is 4.98. The minimum Gasteiger partial charge on any atom is -0.369 e. The molecule has 0 fully saturated rings. The maximum atomic E-state index is 13.4. The van der Waals surface area contributed by atoms with E-state index in [1.807, 2.05) is 66.9 Å². The van der Waals surface area contributed by atoms with Crippen LogP contribution in [-0.2, 0) is 17.3 Å². The molecule has 0 aliphatic carbocycles. The first-order valence-corrected chi connectivity index (χ1v) is 12.0. The summed E-state index contributed by atoms with van der Waals surface area (Å²) in [5.74, 6) is -0.407. The number of rotatable bonds is 4. The van der Waals surface area contributed by atoms with Crippen LogP contribution >= 0.6 is 0 Å². The van der Waals surface area contributed by atoms with Crippen molar-refractivity contribution in [1.82, 2.24) is 19.1 Å². The molecule has 0 aliphatic rings. The second-order valence-corrected chi connectivity index (χ2v) is 9.85. The SMILES string of the molecule is Cn1c(=O)n(-c2ccc(C(C)(C)C(N)=O)cc2)c2c3cc(-c4cnc5ccccc5c4)ccc3ncc21. The van der Waals surface area contributed by atoms with Gasteiger partial charge in [-0.05, 0) is 61.4 Å². The van der Waals surface area contributed by atoms with Gasteiger partial charge in [-0.15, -0.1) is 0 Å². The van der Waals surface area contributed by atoms with Crippen LogP contribution in [0.25, 0.3) is 49.7 Å². The van der Waals surface area contributed by atoms with Gasteiger partial charge in [0.15, 0.2) is 0 Å². The molecule has 0 atom stereocenters. The van der Waals surface area contributed by atoms with Crippen LogP contribution in [0.15, 0.2) is 90.0 Å². The Morgan fingerprint density at radius 2 is 1.59 bits per heavy atom. The van der Waals surface area contributed by atoms with Gasteiger partial charge in [0.05, 0.1) is 39.4 Å². The molecular formula is C30H25N5O2. The third-order valence-corrected chi connectivity index (χ3v) is 7.27. The van der Waals surface area contributed by atoms with Crippen molar-refractivity contribution in [2.24, 2.45) is 12.8 Å². The van der Waals surface area contributed by atoms with Gasteiger partial charge in [-0.1, -0.05) is 36.4 Å². The summed E-state index contributed by atoms with van der Waals surface area (Å²) >= 11 is 0. The Balaban J connectivity index is 1.58. The molecule has 0 saturated heterocycles. The predicted octanol–water partition coefficient (Wildman–Crippen LogP) is 4.86. The van der Waals surface area contributed by atoms with Gasteiger partial charge in [0.2, 0.25) is 5.91 Å². The van der Waals surface area contributed by atoms with Crippen LogP contribution in [0.4, 0.5) is 0 Å². The summed E-state index contributed by atoms with van der Waals surface area (Å²) in [7, 11) is 1.75. The Bertz CT molecular complexity index is 1910. The number of carbonyl (C=O) groups is 1. The zero-order valence-corrected chi connectivity index (χ0v) is 20.8. The molecule has 0 aliphatic heterocycles. The van der Waals surface area contributed by atoms with Gasteiger partial charge in [-0.2, -0.15) is 0 Å². The molecule has 6 aromatic rings. The second kappa shape index (κ2) is 8.13. The second-order valence-electron chi connectivity index (χ2n) is 9.85. The smallest absolute Gasteiger partial charge is 0.333 e. The first-order valence-electron chi connectivity index (χ1n) is 12.0. The molecule has 182 valence electrons. The maximum Gasteiger partial charge on any atom is 0.333 e. The number of aromatic nitrogens is 4. The van der Waals surface area contributed by atoms with Crippen molar-refractivity contribution in [2.75, 3.05) is 0 Å². The van der Waals surface area contributed by atoms with Crippen molar-refractivity contribution >= 4 is 38.7 Å². The molecule has 3 aromatic carbocycles. The fourth-order valence-corrected chi connectivity index (χ4v) is 4.81. The highest BCUT2D eigenvalue weighted by atomic mass is 16.2. The molecule has 6 rings (SSSR count). The summed E-state index contributed by atoms with van der Waals surface area (Å²) in [6, 6.07) is 23.6. The lowest BCUT2D eigenvalue weighted by Crippen LogP contribution is -2.35. The van der Waals surface area contributed by atoms with Crippen LogP contribution in [0.2, 0.25) is 0 Å². The number of fused-ring (bicyclic) bond motifs is 4. The molecule has 1 amide bonds. The van der Waals surface area contributed by atoms with Gasteiger partial charge in [-0.3, -0.25) is 23.9 Å².